The van der Waals surface area contributed by atoms with E-state index in [4.69, 9.17) is 14.2 Å². The van der Waals surface area contributed by atoms with E-state index in [-0.39, 0.29) is 31.1 Å². The summed E-state index contributed by atoms with van der Waals surface area (Å²) in [6.07, 6.45) is 87.3. The van der Waals surface area contributed by atoms with E-state index in [1.807, 2.05) is 0 Å². The fourth-order valence-corrected chi connectivity index (χ4v) is 9.18. The maximum atomic E-state index is 12.9. The average Bonchev–Trinajstić information content (AvgIpc) is 3.43. The molecule has 0 aromatic rings. The van der Waals surface area contributed by atoms with Crippen molar-refractivity contribution in [2.24, 2.45) is 0 Å². The van der Waals surface area contributed by atoms with Gasteiger partial charge in [-0.2, -0.15) is 0 Å². The molecule has 0 aliphatic carbocycles. The molecule has 77 heavy (non-hydrogen) atoms. The molecule has 0 saturated carbocycles. The van der Waals surface area contributed by atoms with Crippen molar-refractivity contribution in [1.29, 1.82) is 0 Å². The maximum Gasteiger partial charge on any atom is 0.306 e. The van der Waals surface area contributed by atoms with E-state index in [1.54, 1.807) is 0 Å². The highest BCUT2D eigenvalue weighted by atomic mass is 16.6. The Morgan fingerprint density at radius 3 is 0.792 bits per heavy atom. The van der Waals surface area contributed by atoms with E-state index in [2.05, 4.69) is 118 Å². The molecule has 0 fully saturated rings. The minimum absolute atomic E-state index is 0.0773. The third-order valence-corrected chi connectivity index (χ3v) is 14.1. The van der Waals surface area contributed by atoms with Gasteiger partial charge >= 0.3 is 17.9 Å². The minimum Gasteiger partial charge on any atom is -0.462 e. The molecular formula is C71H122O6. The molecule has 6 heteroatoms. The second kappa shape index (κ2) is 64.9. The zero-order chi connectivity index (χ0) is 55.7. The smallest absolute Gasteiger partial charge is 0.306 e. The molecule has 0 aliphatic heterocycles. The van der Waals surface area contributed by atoms with Crippen molar-refractivity contribution >= 4 is 17.9 Å². The van der Waals surface area contributed by atoms with Crippen LogP contribution in [0.3, 0.4) is 0 Å². The topological polar surface area (TPSA) is 78.9 Å². The van der Waals surface area contributed by atoms with Crippen molar-refractivity contribution in [2.75, 3.05) is 13.2 Å². The van der Waals surface area contributed by atoms with Gasteiger partial charge in [-0.05, 0) is 103 Å². The van der Waals surface area contributed by atoms with Gasteiger partial charge in [-0.25, -0.2) is 0 Å². The van der Waals surface area contributed by atoms with Crippen molar-refractivity contribution < 1.29 is 28.6 Å². The summed E-state index contributed by atoms with van der Waals surface area (Å²) in [5.74, 6) is -0.881. The van der Waals surface area contributed by atoms with Crippen molar-refractivity contribution in [3.05, 3.63) is 97.2 Å². The Bertz CT molecular complexity index is 1510. The van der Waals surface area contributed by atoms with Crippen LogP contribution < -0.4 is 0 Å². The summed E-state index contributed by atoms with van der Waals surface area (Å²) < 4.78 is 16.9. The fraction of sp³-hybridized carbons (Fsp3) is 0.732. The molecule has 1 unspecified atom stereocenters. The van der Waals surface area contributed by atoms with Crippen molar-refractivity contribution in [1.82, 2.24) is 0 Å². The van der Waals surface area contributed by atoms with Gasteiger partial charge in [-0.3, -0.25) is 14.4 Å². The fourth-order valence-electron chi connectivity index (χ4n) is 9.18. The van der Waals surface area contributed by atoms with Gasteiger partial charge in [0.1, 0.15) is 13.2 Å². The number of unbranched alkanes of at least 4 members (excludes halogenated alkanes) is 32. The quantitative estimate of drug-likeness (QED) is 0.0261. The van der Waals surface area contributed by atoms with E-state index in [1.165, 1.54) is 173 Å². The summed E-state index contributed by atoms with van der Waals surface area (Å²) in [5, 5.41) is 0. The van der Waals surface area contributed by atoms with Crippen molar-refractivity contribution in [2.45, 2.75) is 322 Å². The third-order valence-electron chi connectivity index (χ3n) is 14.1. The van der Waals surface area contributed by atoms with E-state index in [0.717, 1.165) is 103 Å². The Morgan fingerprint density at radius 2 is 0.506 bits per heavy atom. The summed E-state index contributed by atoms with van der Waals surface area (Å²) >= 11 is 0. The Morgan fingerprint density at radius 1 is 0.273 bits per heavy atom. The van der Waals surface area contributed by atoms with E-state index < -0.39 is 6.10 Å². The summed E-state index contributed by atoms with van der Waals surface area (Å²) in [5.41, 5.74) is 0. The number of esters is 3. The number of carbonyl (C=O) groups excluding carboxylic acids is 3. The standard InChI is InChI=1S/C71H122O6/c1-4-7-10-13-16-18-20-22-24-26-28-30-32-33-34-35-36-37-39-40-42-44-46-48-50-52-55-58-61-64-70(73)76-67-68(66-75-69(72)63-60-57-54-15-12-9-6-3)77-71(74)65-62-59-56-53-51-49-47-45-43-41-38-31-29-27-25-23-21-19-17-14-11-8-5-2/h7,10,16,18,21-24,27-30,33-34,36-37,68H,4-6,8-9,11-15,17,19-20,25-26,31-32,35,38-67H2,1-3H3/b10-7-,18-16-,23-21-,24-22-,29-27-,30-28-,34-33-,37-36-. The molecule has 0 aromatic carbocycles. The Kier molecular flexibility index (Phi) is 61.8. The lowest BCUT2D eigenvalue weighted by Gasteiger charge is -2.18. The first-order chi connectivity index (χ1) is 38.0. The largest absolute Gasteiger partial charge is 0.462 e. The molecule has 0 aromatic heterocycles. The third kappa shape index (κ3) is 63.0. The molecular weight excluding hydrogens is 949 g/mol. The van der Waals surface area contributed by atoms with Gasteiger partial charge in [-0.15, -0.1) is 0 Å². The maximum absolute atomic E-state index is 12.9. The van der Waals surface area contributed by atoms with E-state index in [9.17, 15) is 14.4 Å². The van der Waals surface area contributed by atoms with Gasteiger partial charge in [0, 0.05) is 19.3 Å². The average molecular weight is 1070 g/mol. The minimum atomic E-state index is -0.778. The second-order valence-electron chi connectivity index (χ2n) is 21.6. The first-order valence-electron chi connectivity index (χ1n) is 32.7. The summed E-state index contributed by atoms with van der Waals surface area (Å²) in [4.78, 5) is 38.1. The lowest BCUT2D eigenvalue weighted by atomic mass is 10.0. The van der Waals surface area contributed by atoms with Crippen LogP contribution in [0.25, 0.3) is 0 Å². The summed E-state index contributed by atoms with van der Waals surface area (Å²) in [7, 11) is 0. The predicted octanol–water partition coefficient (Wildman–Crippen LogP) is 22.4. The van der Waals surface area contributed by atoms with Crippen LogP contribution in [0.5, 0.6) is 0 Å². The monoisotopic (exact) mass is 1070 g/mol. The molecule has 0 rings (SSSR count). The van der Waals surface area contributed by atoms with Crippen molar-refractivity contribution in [3.63, 3.8) is 0 Å². The Balaban J connectivity index is 4.14. The molecule has 0 radical (unpaired) electrons. The SMILES string of the molecule is CC/C=C\C/C=C\C/C=C\C/C=C\C/C=C\C/C=C\CCCCCCCCCCCCC(=O)OCC(COC(=O)CCCCCCCCC)OC(=O)CCCCCCCCCCCCC/C=C\C/C=C\CCCCCCC. The highest BCUT2D eigenvalue weighted by Gasteiger charge is 2.19. The summed E-state index contributed by atoms with van der Waals surface area (Å²) in [6, 6.07) is 0. The molecule has 0 aliphatic rings. The molecule has 0 N–H and O–H groups in total. The van der Waals surface area contributed by atoms with Crippen molar-refractivity contribution in [3.8, 4) is 0 Å². The molecule has 442 valence electrons. The number of hydrogen-bond donors (Lipinski definition) is 0. The van der Waals surface area contributed by atoms with Gasteiger partial charge in [-0.1, -0.05) is 291 Å². The highest BCUT2D eigenvalue weighted by Crippen LogP contribution is 2.16. The van der Waals surface area contributed by atoms with Gasteiger partial charge in [0.15, 0.2) is 6.10 Å². The molecule has 0 spiro atoms. The van der Waals surface area contributed by atoms with Gasteiger partial charge < -0.3 is 14.2 Å². The molecule has 0 heterocycles. The first kappa shape index (κ1) is 73.3. The number of rotatable bonds is 59. The van der Waals surface area contributed by atoms with Crippen LogP contribution in [0.2, 0.25) is 0 Å². The lowest BCUT2D eigenvalue weighted by molar-refractivity contribution is -0.167. The first-order valence-corrected chi connectivity index (χ1v) is 32.7. The van der Waals surface area contributed by atoms with Gasteiger partial charge in [0.25, 0.3) is 0 Å². The highest BCUT2D eigenvalue weighted by molar-refractivity contribution is 5.71. The molecule has 0 saturated heterocycles. The van der Waals surface area contributed by atoms with Gasteiger partial charge in [0.05, 0.1) is 0 Å². The summed E-state index contributed by atoms with van der Waals surface area (Å²) in [6.45, 7) is 6.49. The van der Waals surface area contributed by atoms with Crippen LogP contribution in [0.1, 0.15) is 316 Å². The van der Waals surface area contributed by atoms with Crippen LogP contribution >= 0.6 is 0 Å². The van der Waals surface area contributed by atoms with Crippen LogP contribution in [-0.2, 0) is 28.6 Å². The second-order valence-corrected chi connectivity index (χ2v) is 21.6. The molecule has 0 amide bonds. The lowest BCUT2D eigenvalue weighted by Crippen LogP contribution is -2.30. The van der Waals surface area contributed by atoms with Gasteiger partial charge in [0.2, 0.25) is 0 Å². The van der Waals surface area contributed by atoms with Crippen LogP contribution in [0, 0.1) is 0 Å². The molecule has 0 bridgehead atoms. The van der Waals surface area contributed by atoms with E-state index in [0.29, 0.717) is 19.3 Å². The zero-order valence-electron chi connectivity index (χ0n) is 50.7. The van der Waals surface area contributed by atoms with E-state index >= 15 is 0 Å². The number of carbonyl (C=O) groups is 3. The zero-order valence-corrected chi connectivity index (χ0v) is 50.7. The predicted molar refractivity (Wildman–Crippen MR) is 334 cm³/mol. The van der Waals surface area contributed by atoms with Crippen LogP contribution in [0.4, 0.5) is 0 Å². The molecule has 6 nitrogen and oxygen atoms in total. The molecule has 1 atom stereocenters. The number of ether oxygens (including phenoxy) is 3. The Hall–Kier alpha value is -3.67. The Labute approximate surface area is 477 Å². The van der Waals surface area contributed by atoms with Crippen LogP contribution in [-0.4, -0.2) is 37.2 Å². The number of hydrogen-bond acceptors (Lipinski definition) is 6. The number of allylic oxidation sites excluding steroid dienone is 16. The normalized spacial score (nSPS) is 12.7. The van der Waals surface area contributed by atoms with Crippen LogP contribution in [0.15, 0.2) is 97.2 Å².